The maximum Gasteiger partial charge on any atom is 0.339 e. The summed E-state index contributed by atoms with van der Waals surface area (Å²) >= 11 is 0. The molecule has 1 fully saturated rings. The quantitative estimate of drug-likeness (QED) is 0.626. The number of ether oxygens (including phenoxy) is 1. The van der Waals surface area contributed by atoms with Crippen molar-refractivity contribution >= 4 is 28.7 Å². The fourth-order valence-electron chi connectivity index (χ4n) is 3.93. The SMILES string of the molecule is Cc1ccc(-c2cc(C(=O)OCC(=O)N3CCC(C(N)=O)CC3)c3ccccc3n2)cc1. The molecule has 1 aliphatic rings. The number of amides is 2. The van der Waals surface area contributed by atoms with Gasteiger partial charge in [0.15, 0.2) is 6.61 Å². The summed E-state index contributed by atoms with van der Waals surface area (Å²) in [5, 5.41) is 0.670. The highest BCUT2D eigenvalue weighted by Gasteiger charge is 2.26. The van der Waals surface area contributed by atoms with Gasteiger partial charge in [0.05, 0.1) is 16.8 Å². The largest absolute Gasteiger partial charge is 0.452 e. The number of para-hydroxylation sites is 1. The summed E-state index contributed by atoms with van der Waals surface area (Å²) in [4.78, 5) is 43.1. The molecular weight excluding hydrogens is 406 g/mol. The number of benzene rings is 2. The summed E-state index contributed by atoms with van der Waals surface area (Å²) in [5.41, 5.74) is 9.07. The molecule has 2 N–H and O–H groups in total. The van der Waals surface area contributed by atoms with Crippen LogP contribution in [0.5, 0.6) is 0 Å². The first-order chi connectivity index (χ1) is 15.4. The normalized spacial score (nSPS) is 14.3. The fraction of sp³-hybridized carbons (Fsp3) is 0.280. The number of carbonyl (C=O) groups excluding carboxylic acids is 3. The average Bonchev–Trinajstić information content (AvgIpc) is 2.82. The molecule has 0 spiro atoms. The molecule has 7 heteroatoms. The standard InChI is InChI=1S/C25H25N3O4/c1-16-6-8-17(9-7-16)22-14-20(19-4-2-3-5-21(19)27-22)25(31)32-15-23(29)28-12-10-18(11-13-28)24(26)30/h2-9,14,18H,10-13,15H2,1H3,(H2,26,30). The summed E-state index contributed by atoms with van der Waals surface area (Å²) in [5.74, 6) is -1.39. The highest BCUT2D eigenvalue weighted by atomic mass is 16.5. The minimum Gasteiger partial charge on any atom is -0.452 e. The number of rotatable bonds is 5. The number of esters is 1. The minimum absolute atomic E-state index is 0.204. The van der Waals surface area contributed by atoms with E-state index in [0.29, 0.717) is 48.1 Å². The van der Waals surface area contributed by atoms with Crippen molar-refractivity contribution in [3.8, 4) is 11.3 Å². The summed E-state index contributed by atoms with van der Waals surface area (Å²) in [6.07, 6.45) is 1.06. The third-order valence-corrected chi connectivity index (χ3v) is 5.86. The minimum atomic E-state index is -0.572. The number of hydrogen-bond donors (Lipinski definition) is 1. The summed E-state index contributed by atoms with van der Waals surface area (Å²) < 4.78 is 5.39. The highest BCUT2D eigenvalue weighted by Crippen LogP contribution is 2.26. The van der Waals surface area contributed by atoms with Crippen LogP contribution in [-0.2, 0) is 14.3 Å². The average molecular weight is 431 g/mol. The van der Waals surface area contributed by atoms with Crippen molar-refractivity contribution in [3.05, 3.63) is 65.7 Å². The Balaban J connectivity index is 1.51. The molecule has 32 heavy (non-hydrogen) atoms. The Hall–Kier alpha value is -3.74. The van der Waals surface area contributed by atoms with Crippen LogP contribution >= 0.6 is 0 Å². The first-order valence-electron chi connectivity index (χ1n) is 10.6. The molecule has 0 radical (unpaired) electrons. The first-order valence-corrected chi connectivity index (χ1v) is 10.6. The van der Waals surface area contributed by atoms with E-state index in [1.807, 2.05) is 55.5 Å². The Morgan fingerprint density at radius 3 is 2.44 bits per heavy atom. The molecule has 0 unspecified atom stereocenters. The van der Waals surface area contributed by atoms with E-state index in [0.717, 1.165) is 11.1 Å². The van der Waals surface area contributed by atoms with Gasteiger partial charge in [-0.15, -0.1) is 0 Å². The van der Waals surface area contributed by atoms with Gasteiger partial charge in [-0.05, 0) is 31.9 Å². The molecule has 164 valence electrons. The first kappa shape index (κ1) is 21.5. The molecule has 0 bridgehead atoms. The number of hydrogen-bond acceptors (Lipinski definition) is 5. The molecule has 0 saturated carbocycles. The van der Waals surface area contributed by atoms with E-state index in [4.69, 9.17) is 10.5 Å². The van der Waals surface area contributed by atoms with E-state index in [2.05, 4.69) is 4.98 Å². The number of fused-ring (bicyclic) bond motifs is 1. The van der Waals surface area contributed by atoms with Gasteiger partial charge in [-0.25, -0.2) is 9.78 Å². The van der Waals surface area contributed by atoms with Crippen LogP contribution in [0, 0.1) is 12.8 Å². The number of carbonyl (C=O) groups is 3. The molecule has 1 saturated heterocycles. The number of nitrogens with zero attached hydrogens (tertiary/aromatic N) is 2. The second-order valence-electron chi connectivity index (χ2n) is 8.07. The Morgan fingerprint density at radius 1 is 1.06 bits per heavy atom. The number of aromatic nitrogens is 1. The number of likely N-dealkylation sites (tertiary alicyclic amines) is 1. The lowest BCUT2D eigenvalue weighted by Gasteiger charge is -2.30. The lowest BCUT2D eigenvalue weighted by molar-refractivity contribution is -0.137. The van der Waals surface area contributed by atoms with E-state index < -0.39 is 5.97 Å². The third-order valence-electron chi connectivity index (χ3n) is 5.86. The third kappa shape index (κ3) is 4.61. The van der Waals surface area contributed by atoms with E-state index in [1.54, 1.807) is 11.0 Å². The molecule has 0 atom stereocenters. The van der Waals surface area contributed by atoms with E-state index in [9.17, 15) is 14.4 Å². The number of nitrogens with two attached hydrogens (primary N) is 1. The lowest BCUT2D eigenvalue weighted by Crippen LogP contribution is -2.43. The van der Waals surface area contributed by atoms with Crippen LogP contribution < -0.4 is 5.73 Å². The van der Waals surface area contributed by atoms with Crippen LogP contribution in [0.15, 0.2) is 54.6 Å². The second-order valence-corrected chi connectivity index (χ2v) is 8.07. The Morgan fingerprint density at radius 2 is 1.75 bits per heavy atom. The number of primary amides is 1. The van der Waals surface area contributed by atoms with Crippen molar-refractivity contribution < 1.29 is 19.1 Å². The molecule has 3 aromatic rings. The topological polar surface area (TPSA) is 103 Å². The lowest BCUT2D eigenvalue weighted by atomic mass is 9.96. The van der Waals surface area contributed by atoms with Gasteiger partial charge in [-0.1, -0.05) is 48.0 Å². The van der Waals surface area contributed by atoms with E-state index >= 15 is 0 Å². The molecular formula is C25H25N3O4. The predicted molar refractivity (Wildman–Crippen MR) is 121 cm³/mol. The smallest absolute Gasteiger partial charge is 0.339 e. The summed E-state index contributed by atoms with van der Waals surface area (Å²) in [7, 11) is 0. The zero-order chi connectivity index (χ0) is 22.7. The molecule has 2 amide bonds. The maximum atomic E-state index is 12.9. The van der Waals surface area contributed by atoms with Gasteiger partial charge in [0.1, 0.15) is 0 Å². The Labute approximate surface area is 186 Å². The zero-order valence-corrected chi connectivity index (χ0v) is 17.9. The van der Waals surface area contributed by atoms with Crippen LogP contribution in [0.1, 0.15) is 28.8 Å². The van der Waals surface area contributed by atoms with Crippen LogP contribution in [0.2, 0.25) is 0 Å². The monoisotopic (exact) mass is 431 g/mol. The zero-order valence-electron chi connectivity index (χ0n) is 17.9. The maximum absolute atomic E-state index is 12.9. The van der Waals surface area contributed by atoms with Crippen molar-refractivity contribution in [3.63, 3.8) is 0 Å². The van der Waals surface area contributed by atoms with Gasteiger partial charge in [-0.2, -0.15) is 0 Å². The molecule has 0 aliphatic carbocycles. The van der Waals surface area contributed by atoms with Gasteiger partial charge in [0, 0.05) is 30.0 Å². The molecule has 7 nitrogen and oxygen atoms in total. The highest BCUT2D eigenvalue weighted by molar-refractivity contribution is 6.05. The van der Waals surface area contributed by atoms with Crippen molar-refractivity contribution in [2.75, 3.05) is 19.7 Å². The van der Waals surface area contributed by atoms with Gasteiger partial charge >= 0.3 is 5.97 Å². The molecule has 2 aromatic carbocycles. The van der Waals surface area contributed by atoms with Gasteiger partial charge in [0.2, 0.25) is 5.91 Å². The van der Waals surface area contributed by atoms with E-state index in [-0.39, 0.29) is 24.3 Å². The van der Waals surface area contributed by atoms with Crippen molar-refractivity contribution in [1.29, 1.82) is 0 Å². The number of aryl methyl sites for hydroxylation is 1. The summed E-state index contributed by atoms with van der Waals surface area (Å²) in [6, 6.07) is 17.0. The molecule has 2 heterocycles. The predicted octanol–water partition coefficient (Wildman–Crippen LogP) is 3.09. The van der Waals surface area contributed by atoms with Crippen LogP contribution in [0.25, 0.3) is 22.2 Å². The molecule has 1 aromatic heterocycles. The van der Waals surface area contributed by atoms with E-state index in [1.165, 1.54) is 0 Å². The van der Waals surface area contributed by atoms with Gasteiger partial charge in [-0.3, -0.25) is 9.59 Å². The Bertz CT molecular complexity index is 1170. The van der Waals surface area contributed by atoms with Crippen LogP contribution in [0.3, 0.4) is 0 Å². The fourth-order valence-corrected chi connectivity index (χ4v) is 3.93. The van der Waals surface area contributed by atoms with Crippen molar-refractivity contribution in [1.82, 2.24) is 9.88 Å². The number of piperidine rings is 1. The van der Waals surface area contributed by atoms with Gasteiger partial charge < -0.3 is 15.4 Å². The van der Waals surface area contributed by atoms with Crippen LogP contribution in [-0.4, -0.2) is 47.4 Å². The van der Waals surface area contributed by atoms with Crippen LogP contribution in [0.4, 0.5) is 0 Å². The van der Waals surface area contributed by atoms with Crippen molar-refractivity contribution in [2.45, 2.75) is 19.8 Å². The van der Waals surface area contributed by atoms with Crippen molar-refractivity contribution in [2.24, 2.45) is 11.7 Å². The molecule has 4 rings (SSSR count). The molecule has 1 aliphatic heterocycles. The Kier molecular flexibility index (Phi) is 6.16. The number of pyridine rings is 1. The van der Waals surface area contributed by atoms with Gasteiger partial charge in [0.25, 0.3) is 5.91 Å². The summed E-state index contributed by atoms with van der Waals surface area (Å²) in [6.45, 7) is 2.52. The second kappa shape index (κ2) is 9.18.